The van der Waals surface area contributed by atoms with Crippen LogP contribution in [0.15, 0.2) is 11.6 Å². The Hall–Kier alpha value is -1.19. The summed E-state index contributed by atoms with van der Waals surface area (Å²) in [4.78, 5) is 14.5. The van der Waals surface area contributed by atoms with Crippen molar-refractivity contribution in [1.82, 2.24) is 0 Å². The van der Waals surface area contributed by atoms with E-state index in [4.69, 9.17) is 9.47 Å². The fourth-order valence-electron chi connectivity index (χ4n) is 12.6. The van der Waals surface area contributed by atoms with Crippen LogP contribution in [0.5, 0.6) is 0 Å². The lowest BCUT2D eigenvalue weighted by atomic mass is 9.33. The molecule has 0 aromatic carbocycles. The van der Waals surface area contributed by atoms with Crippen LogP contribution in [0.3, 0.4) is 0 Å². The van der Waals surface area contributed by atoms with Gasteiger partial charge >= 0.3 is 5.97 Å². The highest BCUT2D eigenvalue weighted by Gasteiger charge is 2.73. The zero-order valence-corrected chi connectivity index (χ0v) is 29.0. The monoisotopic (exact) mass is 682 g/mol. The van der Waals surface area contributed by atoms with Crippen LogP contribution in [0.25, 0.3) is 0 Å². The number of hydrogen-bond acceptors (Lipinski definition) is 12. The van der Waals surface area contributed by atoms with E-state index in [1.165, 1.54) is 0 Å². The Balaban J connectivity index is 1.41. The molecule has 0 amide bonds. The number of carbonyl (C=O) groups is 1. The molecular formula is C36H58O12. The van der Waals surface area contributed by atoms with E-state index in [2.05, 4.69) is 26.8 Å². The van der Waals surface area contributed by atoms with Crippen LogP contribution in [0.4, 0.5) is 0 Å². The van der Waals surface area contributed by atoms with Crippen LogP contribution in [-0.4, -0.2) is 120 Å². The molecule has 4 saturated carbocycles. The zero-order valence-electron chi connectivity index (χ0n) is 29.0. The van der Waals surface area contributed by atoms with E-state index in [0.717, 1.165) is 18.4 Å². The normalized spacial score (nSPS) is 56.5. The van der Waals surface area contributed by atoms with Crippen molar-refractivity contribution < 1.29 is 60.2 Å². The summed E-state index contributed by atoms with van der Waals surface area (Å²) in [5, 5.41) is 96.7. The quantitative estimate of drug-likeness (QED) is 0.142. The summed E-state index contributed by atoms with van der Waals surface area (Å²) in [5.41, 5.74) is -3.94. The number of allylic oxidation sites excluding steroid dienone is 1. The minimum atomic E-state index is -1.76. The van der Waals surface area contributed by atoms with Crippen molar-refractivity contribution in [3.8, 4) is 0 Å². The van der Waals surface area contributed by atoms with Gasteiger partial charge in [-0.1, -0.05) is 39.3 Å². The Bertz CT molecular complexity index is 1290. The average Bonchev–Trinajstić information content (AvgIpc) is 3.03. The Labute approximate surface area is 282 Å². The van der Waals surface area contributed by atoms with E-state index in [1.807, 2.05) is 6.92 Å². The van der Waals surface area contributed by atoms with E-state index in [-0.39, 0.29) is 30.5 Å². The van der Waals surface area contributed by atoms with Gasteiger partial charge in [0.25, 0.3) is 0 Å². The Morgan fingerprint density at radius 2 is 1.56 bits per heavy atom. The maximum atomic E-state index is 14.5. The molecule has 5 aliphatic carbocycles. The van der Waals surface area contributed by atoms with Crippen LogP contribution in [0, 0.1) is 50.7 Å². The molecule has 6 rings (SSSR count). The molecular weight excluding hydrogens is 624 g/mol. The predicted molar refractivity (Wildman–Crippen MR) is 171 cm³/mol. The van der Waals surface area contributed by atoms with Crippen molar-refractivity contribution in [2.75, 3.05) is 19.8 Å². The minimum Gasteiger partial charge on any atom is -0.432 e. The highest BCUT2D eigenvalue weighted by atomic mass is 16.7. The third-order valence-electron chi connectivity index (χ3n) is 15.6. The molecule has 1 saturated heterocycles. The Kier molecular flexibility index (Phi) is 9.10. The van der Waals surface area contributed by atoms with E-state index in [1.54, 1.807) is 6.92 Å². The number of ether oxygens (including phenoxy) is 2. The van der Waals surface area contributed by atoms with Gasteiger partial charge in [-0.05, 0) is 86.4 Å². The maximum Gasteiger partial charge on any atom is 0.315 e. The smallest absolute Gasteiger partial charge is 0.315 e. The second kappa shape index (κ2) is 11.9. The van der Waals surface area contributed by atoms with Gasteiger partial charge in [-0.3, -0.25) is 4.79 Å². The van der Waals surface area contributed by atoms with E-state index in [9.17, 15) is 50.8 Å². The van der Waals surface area contributed by atoms with Crippen LogP contribution < -0.4 is 0 Å². The molecule has 1 heterocycles. The van der Waals surface area contributed by atoms with Crippen molar-refractivity contribution in [3.05, 3.63) is 11.6 Å². The second-order valence-electron chi connectivity index (χ2n) is 17.5. The lowest BCUT2D eigenvalue weighted by Gasteiger charge is -2.72. The number of aliphatic hydroxyl groups is 9. The fourth-order valence-corrected chi connectivity index (χ4v) is 12.6. The highest BCUT2D eigenvalue weighted by molar-refractivity contribution is 5.79. The van der Waals surface area contributed by atoms with Gasteiger partial charge in [0.2, 0.25) is 6.29 Å². The SMILES string of the molecule is CC1(O)C(CO)CCC2(C(=O)OC3OC(CO)C(O)C(O)C3O)CCC3(C)C(=CCC4C5(C)CC(O)C(O)C(C)(CO)C5CCC43C)C21. The summed E-state index contributed by atoms with van der Waals surface area (Å²) in [7, 11) is 0. The predicted octanol–water partition coefficient (Wildman–Crippen LogP) is 0.379. The average molecular weight is 683 g/mol. The zero-order chi connectivity index (χ0) is 35.4. The number of rotatable bonds is 5. The molecule has 0 aromatic heterocycles. The molecule has 17 atom stereocenters. The topological polar surface area (TPSA) is 218 Å². The summed E-state index contributed by atoms with van der Waals surface area (Å²) < 4.78 is 11.4. The summed E-state index contributed by atoms with van der Waals surface area (Å²) in [6, 6.07) is 0. The van der Waals surface area contributed by atoms with Crippen molar-refractivity contribution in [1.29, 1.82) is 0 Å². The lowest BCUT2D eigenvalue weighted by Crippen LogP contribution is -2.70. The van der Waals surface area contributed by atoms with Gasteiger partial charge in [0.05, 0.1) is 36.4 Å². The van der Waals surface area contributed by atoms with Crippen LogP contribution in [-0.2, 0) is 14.3 Å². The van der Waals surface area contributed by atoms with Gasteiger partial charge in [-0.25, -0.2) is 0 Å². The standard InChI is InChI=1S/C36H58O12/c1-31-14-20(40)28(44)32(2,17-39)22(31)9-10-34(4)23(31)7-6-19-27-35(5,46)18(15-37)8-11-36(27,13-12-33(19,34)3)30(45)48-29-26(43)25(42)24(41)21(16-38)47-29/h6,18,20-29,37-44,46H,7-17H2,1-5H3. The third kappa shape index (κ3) is 4.66. The van der Waals surface area contributed by atoms with Crippen LogP contribution >= 0.6 is 0 Å². The summed E-state index contributed by atoms with van der Waals surface area (Å²) in [5.74, 6) is -1.93. The van der Waals surface area contributed by atoms with Gasteiger partial charge in [0, 0.05) is 23.9 Å². The van der Waals surface area contributed by atoms with E-state index < -0.39 is 94.6 Å². The molecule has 274 valence electrons. The van der Waals surface area contributed by atoms with Crippen LogP contribution in [0.2, 0.25) is 0 Å². The van der Waals surface area contributed by atoms with Crippen molar-refractivity contribution in [2.24, 2.45) is 50.7 Å². The first-order chi connectivity index (χ1) is 22.3. The molecule has 5 fully saturated rings. The van der Waals surface area contributed by atoms with E-state index in [0.29, 0.717) is 38.5 Å². The molecule has 12 nitrogen and oxygen atoms in total. The van der Waals surface area contributed by atoms with Gasteiger partial charge in [-0.15, -0.1) is 0 Å². The molecule has 17 unspecified atom stereocenters. The van der Waals surface area contributed by atoms with Gasteiger partial charge in [-0.2, -0.15) is 0 Å². The molecule has 0 spiro atoms. The third-order valence-corrected chi connectivity index (χ3v) is 15.6. The van der Waals surface area contributed by atoms with Gasteiger partial charge in [0.1, 0.15) is 24.4 Å². The summed E-state index contributed by atoms with van der Waals surface area (Å²) in [6.07, 6.45) is -3.75. The molecule has 12 heteroatoms. The van der Waals surface area contributed by atoms with Gasteiger partial charge < -0.3 is 55.4 Å². The number of aliphatic hydroxyl groups excluding tert-OH is 8. The molecule has 1 aliphatic heterocycles. The number of esters is 1. The van der Waals surface area contributed by atoms with Crippen molar-refractivity contribution in [2.45, 2.75) is 135 Å². The highest BCUT2D eigenvalue weighted by Crippen LogP contribution is 2.76. The largest absolute Gasteiger partial charge is 0.432 e. The summed E-state index contributed by atoms with van der Waals surface area (Å²) >= 11 is 0. The maximum absolute atomic E-state index is 14.5. The molecule has 0 aromatic rings. The van der Waals surface area contributed by atoms with E-state index >= 15 is 0 Å². The minimum absolute atomic E-state index is 0.0298. The van der Waals surface area contributed by atoms with Crippen molar-refractivity contribution >= 4 is 5.97 Å². The first-order valence-corrected chi connectivity index (χ1v) is 17.9. The number of carbonyl (C=O) groups excluding carboxylic acids is 1. The molecule has 0 radical (unpaired) electrons. The van der Waals surface area contributed by atoms with Gasteiger partial charge in [0.15, 0.2) is 0 Å². The molecule has 6 aliphatic rings. The first-order valence-electron chi connectivity index (χ1n) is 17.9. The number of hydrogen-bond donors (Lipinski definition) is 9. The molecule has 48 heavy (non-hydrogen) atoms. The Morgan fingerprint density at radius 1 is 0.875 bits per heavy atom. The number of fused-ring (bicyclic) bond motifs is 7. The Morgan fingerprint density at radius 3 is 2.19 bits per heavy atom. The molecule has 9 N–H and O–H groups in total. The van der Waals surface area contributed by atoms with Crippen LogP contribution in [0.1, 0.15) is 86.0 Å². The lowest BCUT2D eigenvalue weighted by molar-refractivity contribution is -0.299. The fraction of sp³-hybridized carbons (Fsp3) is 0.917. The molecule has 0 bridgehead atoms. The second-order valence-corrected chi connectivity index (χ2v) is 17.5. The first kappa shape index (κ1) is 36.6. The summed E-state index contributed by atoms with van der Waals surface area (Å²) in [6.45, 7) is 9.05. The van der Waals surface area contributed by atoms with Crippen molar-refractivity contribution in [3.63, 3.8) is 0 Å².